The highest BCUT2D eigenvalue weighted by molar-refractivity contribution is 7.89. The van der Waals surface area contributed by atoms with Crippen molar-refractivity contribution in [2.45, 2.75) is 31.3 Å². The molecule has 0 aliphatic carbocycles. The topological polar surface area (TPSA) is 79.6 Å². The largest absolute Gasteiger partial charge is 0.438 e. The number of nitrogens with one attached hydrogen (secondary N) is 1. The normalized spacial score (nSPS) is 17.4. The Labute approximate surface area is 119 Å². The number of hydrogen-bond acceptors (Lipinski definition) is 4. The third-order valence-corrected chi connectivity index (χ3v) is 5.09. The van der Waals surface area contributed by atoms with Gasteiger partial charge < -0.3 is 9.32 Å². The third-order valence-electron chi connectivity index (χ3n) is 3.80. The minimum absolute atomic E-state index is 0.0776. The number of piperidine rings is 1. The van der Waals surface area contributed by atoms with Crippen molar-refractivity contribution in [3.63, 3.8) is 0 Å². The first kappa shape index (κ1) is 15.1. The van der Waals surface area contributed by atoms with E-state index in [4.69, 9.17) is 4.42 Å². The maximum atomic E-state index is 12.2. The van der Waals surface area contributed by atoms with Crippen LogP contribution < -0.4 is 4.72 Å². The van der Waals surface area contributed by atoms with Crippen LogP contribution in [0.5, 0.6) is 0 Å². The maximum absolute atomic E-state index is 12.2. The lowest BCUT2D eigenvalue weighted by atomic mass is 9.94. The van der Waals surface area contributed by atoms with Gasteiger partial charge in [0.05, 0.1) is 0 Å². The number of likely N-dealkylation sites (tertiary alicyclic amines) is 1. The van der Waals surface area contributed by atoms with Gasteiger partial charge in [-0.25, -0.2) is 13.1 Å². The highest BCUT2D eigenvalue weighted by Crippen LogP contribution is 2.22. The number of rotatable bonds is 4. The van der Waals surface area contributed by atoms with Gasteiger partial charge in [-0.05, 0) is 37.9 Å². The van der Waals surface area contributed by atoms with E-state index >= 15 is 0 Å². The molecule has 0 unspecified atom stereocenters. The van der Waals surface area contributed by atoms with Crippen LogP contribution in [-0.4, -0.2) is 39.4 Å². The Kier molecular flexibility index (Phi) is 4.49. The van der Waals surface area contributed by atoms with Gasteiger partial charge in [-0.15, -0.1) is 0 Å². The Morgan fingerprint density at radius 2 is 2.05 bits per heavy atom. The molecule has 0 saturated carbocycles. The molecule has 1 aliphatic heterocycles. The van der Waals surface area contributed by atoms with Crippen molar-refractivity contribution >= 4 is 15.9 Å². The fraction of sp³-hybridized carbons (Fsp3) is 0.615. The molecular weight excluding hydrogens is 280 g/mol. The molecular formula is C13H20N2O4S. The van der Waals surface area contributed by atoms with Gasteiger partial charge in [-0.2, -0.15) is 0 Å². The molecule has 20 heavy (non-hydrogen) atoms. The van der Waals surface area contributed by atoms with Crippen molar-refractivity contribution in [1.82, 2.24) is 9.62 Å². The Morgan fingerprint density at radius 1 is 1.40 bits per heavy atom. The molecule has 7 heteroatoms. The lowest BCUT2D eigenvalue weighted by Gasteiger charge is -2.30. The molecule has 1 aliphatic rings. The number of furan rings is 1. The lowest BCUT2D eigenvalue weighted by molar-refractivity contribution is 0.0651. The second kappa shape index (κ2) is 5.97. The van der Waals surface area contributed by atoms with Crippen molar-refractivity contribution in [3.8, 4) is 0 Å². The Bertz CT molecular complexity index is 571. The van der Waals surface area contributed by atoms with E-state index in [0.717, 1.165) is 19.3 Å². The van der Waals surface area contributed by atoms with Crippen LogP contribution in [0.25, 0.3) is 0 Å². The van der Waals surface area contributed by atoms with Crippen LogP contribution in [0.4, 0.5) is 0 Å². The van der Waals surface area contributed by atoms with E-state index in [9.17, 15) is 13.2 Å². The monoisotopic (exact) mass is 300 g/mol. The number of hydrogen-bond donors (Lipinski definition) is 1. The van der Waals surface area contributed by atoms with E-state index in [1.165, 1.54) is 19.2 Å². The number of carbonyl (C=O) groups is 1. The SMILES string of the molecule is CCC1CCN(C(=O)c2ccc(S(=O)(=O)NC)o2)CC1. The molecule has 1 fully saturated rings. The predicted octanol–water partition coefficient (Wildman–Crippen LogP) is 1.45. The molecule has 1 aromatic heterocycles. The summed E-state index contributed by atoms with van der Waals surface area (Å²) in [5.74, 6) is 0.516. The first-order chi connectivity index (χ1) is 9.47. The molecule has 0 bridgehead atoms. The van der Waals surface area contributed by atoms with Crippen molar-refractivity contribution in [2.75, 3.05) is 20.1 Å². The summed E-state index contributed by atoms with van der Waals surface area (Å²) in [5, 5.41) is -0.230. The second-order valence-electron chi connectivity index (χ2n) is 4.97. The molecule has 112 valence electrons. The quantitative estimate of drug-likeness (QED) is 0.912. The minimum atomic E-state index is -3.64. The molecule has 0 spiro atoms. The van der Waals surface area contributed by atoms with Crippen LogP contribution in [-0.2, 0) is 10.0 Å². The predicted molar refractivity (Wildman–Crippen MR) is 73.9 cm³/mol. The fourth-order valence-corrected chi connectivity index (χ4v) is 3.03. The molecule has 0 radical (unpaired) electrons. The molecule has 1 N–H and O–H groups in total. The molecule has 6 nitrogen and oxygen atoms in total. The summed E-state index contributed by atoms with van der Waals surface area (Å²) in [6, 6.07) is 2.72. The average Bonchev–Trinajstić information content (AvgIpc) is 2.97. The van der Waals surface area contributed by atoms with Crippen LogP contribution in [0.1, 0.15) is 36.7 Å². The van der Waals surface area contributed by atoms with E-state index in [0.29, 0.717) is 19.0 Å². The molecule has 0 atom stereocenters. The minimum Gasteiger partial charge on any atom is -0.438 e. The molecule has 2 rings (SSSR count). The highest BCUT2D eigenvalue weighted by atomic mass is 32.2. The van der Waals surface area contributed by atoms with Gasteiger partial charge in [0, 0.05) is 13.1 Å². The van der Waals surface area contributed by atoms with E-state index in [2.05, 4.69) is 11.6 Å². The van der Waals surface area contributed by atoms with Gasteiger partial charge in [-0.3, -0.25) is 4.79 Å². The summed E-state index contributed by atoms with van der Waals surface area (Å²) in [4.78, 5) is 14.0. The van der Waals surface area contributed by atoms with Gasteiger partial charge in [0.2, 0.25) is 5.09 Å². The van der Waals surface area contributed by atoms with Gasteiger partial charge >= 0.3 is 0 Å². The Hall–Kier alpha value is -1.34. The van der Waals surface area contributed by atoms with Gasteiger partial charge in [0.25, 0.3) is 15.9 Å². The smallest absolute Gasteiger partial charge is 0.289 e. The summed E-state index contributed by atoms with van der Waals surface area (Å²) in [6.07, 6.45) is 3.11. The zero-order valence-electron chi connectivity index (χ0n) is 11.8. The lowest BCUT2D eigenvalue weighted by Crippen LogP contribution is -2.38. The first-order valence-electron chi connectivity index (χ1n) is 6.80. The third kappa shape index (κ3) is 3.04. The van der Waals surface area contributed by atoms with Crippen LogP contribution in [0.3, 0.4) is 0 Å². The Balaban J connectivity index is 2.07. The van der Waals surface area contributed by atoms with Gasteiger partial charge in [0.1, 0.15) is 0 Å². The fourth-order valence-electron chi connectivity index (χ4n) is 2.38. The molecule has 0 aromatic carbocycles. The average molecular weight is 300 g/mol. The van der Waals surface area contributed by atoms with Crippen molar-refractivity contribution in [2.24, 2.45) is 5.92 Å². The summed E-state index contributed by atoms with van der Waals surface area (Å²) >= 11 is 0. The standard InChI is InChI=1S/C13H20N2O4S/c1-3-10-6-8-15(9-7-10)13(16)11-4-5-12(19-11)20(17,18)14-2/h4-5,10,14H,3,6-9H2,1-2H3. The van der Waals surface area contributed by atoms with Gasteiger partial charge in [0.15, 0.2) is 5.76 Å². The van der Waals surface area contributed by atoms with Crippen LogP contribution in [0.2, 0.25) is 0 Å². The zero-order chi connectivity index (χ0) is 14.8. The molecule has 1 amide bonds. The van der Waals surface area contributed by atoms with Crippen molar-refractivity contribution in [3.05, 3.63) is 17.9 Å². The number of amides is 1. The van der Waals surface area contributed by atoms with Crippen LogP contribution in [0, 0.1) is 5.92 Å². The van der Waals surface area contributed by atoms with Crippen molar-refractivity contribution < 1.29 is 17.6 Å². The summed E-state index contributed by atoms with van der Waals surface area (Å²) in [7, 11) is -2.34. The van der Waals surface area contributed by atoms with Crippen molar-refractivity contribution in [1.29, 1.82) is 0 Å². The number of nitrogens with zero attached hydrogens (tertiary/aromatic N) is 1. The maximum Gasteiger partial charge on any atom is 0.289 e. The first-order valence-corrected chi connectivity index (χ1v) is 8.29. The second-order valence-corrected chi connectivity index (χ2v) is 6.79. The van der Waals surface area contributed by atoms with E-state index in [1.807, 2.05) is 0 Å². The summed E-state index contributed by atoms with van der Waals surface area (Å²) in [5.41, 5.74) is 0. The molecule has 1 aromatic rings. The number of sulfonamides is 1. The summed E-state index contributed by atoms with van der Waals surface area (Å²) < 4.78 is 30.5. The molecule has 2 heterocycles. The molecule has 1 saturated heterocycles. The number of carbonyl (C=O) groups excluding carboxylic acids is 1. The van der Waals surface area contributed by atoms with Crippen LogP contribution in [0.15, 0.2) is 21.6 Å². The van der Waals surface area contributed by atoms with Gasteiger partial charge in [-0.1, -0.05) is 13.3 Å². The van der Waals surface area contributed by atoms with E-state index < -0.39 is 10.0 Å². The van der Waals surface area contributed by atoms with E-state index in [1.54, 1.807) is 4.90 Å². The highest BCUT2D eigenvalue weighted by Gasteiger charge is 2.26. The summed E-state index contributed by atoms with van der Waals surface area (Å²) in [6.45, 7) is 3.56. The van der Waals surface area contributed by atoms with E-state index in [-0.39, 0.29) is 16.8 Å². The zero-order valence-corrected chi connectivity index (χ0v) is 12.6. The Morgan fingerprint density at radius 3 is 2.60 bits per heavy atom. The van der Waals surface area contributed by atoms with Crippen LogP contribution >= 0.6 is 0 Å².